The lowest BCUT2D eigenvalue weighted by atomic mass is 9.90. The third-order valence-electron chi connectivity index (χ3n) is 4.31. The van der Waals surface area contributed by atoms with Crippen LogP contribution in [0.1, 0.15) is 45.3 Å². The quantitative estimate of drug-likeness (QED) is 0.525. The molecule has 3 rings (SSSR count). The number of rotatable bonds is 2. The molecular formula is C20H21BF4O. The van der Waals surface area contributed by atoms with Gasteiger partial charge in [-0.2, -0.15) is 0 Å². The Hall–Kier alpha value is -1.82. The molecule has 26 heavy (non-hydrogen) atoms. The first-order valence-electron chi connectivity index (χ1n) is 8.72. The molecule has 1 aliphatic heterocycles. The summed E-state index contributed by atoms with van der Waals surface area (Å²) in [6.45, 7) is 6.58. The summed E-state index contributed by atoms with van der Waals surface area (Å²) in [5, 5.41) is 0. The third kappa shape index (κ3) is 4.29. The summed E-state index contributed by atoms with van der Waals surface area (Å²) in [4.78, 5) is 0. The van der Waals surface area contributed by atoms with Gasteiger partial charge in [0.2, 0.25) is 0 Å². The van der Waals surface area contributed by atoms with Crippen molar-refractivity contribution >= 4 is 13.3 Å². The van der Waals surface area contributed by atoms with Crippen molar-refractivity contribution in [2.75, 3.05) is 6.61 Å². The van der Waals surface area contributed by atoms with Gasteiger partial charge < -0.3 is 4.74 Å². The van der Waals surface area contributed by atoms with Crippen LogP contribution in [0, 0.1) is 29.2 Å². The Bertz CT molecular complexity index is 724. The van der Waals surface area contributed by atoms with Crippen molar-refractivity contribution in [2.24, 2.45) is 5.92 Å². The molecule has 1 nitrogen and oxygen atoms in total. The van der Waals surface area contributed by atoms with Crippen molar-refractivity contribution in [3.05, 3.63) is 53.1 Å². The van der Waals surface area contributed by atoms with E-state index in [1.165, 1.54) is 0 Å². The van der Waals surface area contributed by atoms with E-state index in [4.69, 9.17) is 12.6 Å². The summed E-state index contributed by atoms with van der Waals surface area (Å²) in [5.41, 5.74) is -1.02. The monoisotopic (exact) mass is 364 g/mol. The SMILES string of the molecule is CC.[B]c1c(F)cc(-c2c(F)cc(C3CCC(C)CO3)cc2F)cc1F. The summed E-state index contributed by atoms with van der Waals surface area (Å²) in [5.74, 6) is -3.49. The first-order valence-corrected chi connectivity index (χ1v) is 8.72. The number of ether oxygens (including phenoxy) is 1. The molecule has 0 bridgehead atoms. The normalized spacial score (nSPS) is 19.7. The van der Waals surface area contributed by atoms with Crippen molar-refractivity contribution in [1.29, 1.82) is 0 Å². The molecule has 0 aliphatic carbocycles. The van der Waals surface area contributed by atoms with Crippen LogP contribution in [0.3, 0.4) is 0 Å². The van der Waals surface area contributed by atoms with Crippen LogP contribution >= 0.6 is 0 Å². The van der Waals surface area contributed by atoms with Crippen molar-refractivity contribution in [3.8, 4) is 11.1 Å². The maximum atomic E-state index is 14.4. The standard InChI is InChI=1S/C18H15BF4O.C2H6/c1-9-2-3-16(24-8-9)10-4-12(20)17(13(21)5-10)11-6-14(22)18(19)15(23)7-11;1-2/h4-7,9,16H,2-3,8H2,1H3;1-2H3. The van der Waals surface area contributed by atoms with E-state index < -0.39 is 34.3 Å². The zero-order chi connectivity index (χ0) is 19.4. The summed E-state index contributed by atoms with van der Waals surface area (Å²) < 4.78 is 61.6. The molecule has 0 amide bonds. The molecular weight excluding hydrogens is 343 g/mol. The highest BCUT2D eigenvalue weighted by atomic mass is 19.1. The summed E-state index contributed by atoms with van der Waals surface area (Å²) >= 11 is 0. The van der Waals surface area contributed by atoms with Gasteiger partial charge in [-0.05, 0) is 59.6 Å². The number of hydrogen-bond acceptors (Lipinski definition) is 1. The first kappa shape index (κ1) is 20.5. The van der Waals surface area contributed by atoms with Crippen molar-refractivity contribution < 1.29 is 22.3 Å². The Labute approximate surface area is 152 Å². The molecule has 0 N–H and O–H groups in total. The first-order chi connectivity index (χ1) is 12.4. The predicted molar refractivity (Wildman–Crippen MR) is 95.5 cm³/mol. The average Bonchev–Trinajstić information content (AvgIpc) is 2.61. The molecule has 1 fully saturated rings. The van der Waals surface area contributed by atoms with Gasteiger partial charge in [0.05, 0.1) is 11.7 Å². The highest BCUT2D eigenvalue weighted by molar-refractivity contribution is 6.32. The van der Waals surface area contributed by atoms with Crippen LogP contribution in [0.4, 0.5) is 17.6 Å². The van der Waals surface area contributed by atoms with E-state index in [1.54, 1.807) is 0 Å². The van der Waals surface area contributed by atoms with E-state index in [2.05, 4.69) is 0 Å². The molecule has 2 radical (unpaired) electrons. The van der Waals surface area contributed by atoms with Gasteiger partial charge in [-0.25, -0.2) is 17.6 Å². The average molecular weight is 364 g/mol. The minimum atomic E-state index is -1.06. The van der Waals surface area contributed by atoms with Crippen LogP contribution in [-0.2, 0) is 4.74 Å². The number of benzene rings is 2. The molecule has 2 atom stereocenters. The lowest BCUT2D eigenvalue weighted by molar-refractivity contribution is -0.0126. The predicted octanol–water partition coefficient (Wildman–Crippen LogP) is 5.22. The molecule has 0 spiro atoms. The second-order valence-corrected chi connectivity index (χ2v) is 6.22. The van der Waals surface area contributed by atoms with Crippen molar-refractivity contribution in [3.63, 3.8) is 0 Å². The number of halogens is 4. The molecule has 1 aliphatic rings. The van der Waals surface area contributed by atoms with E-state index in [9.17, 15) is 17.6 Å². The van der Waals surface area contributed by atoms with Gasteiger partial charge in [-0.1, -0.05) is 20.8 Å². The second-order valence-electron chi connectivity index (χ2n) is 6.22. The van der Waals surface area contributed by atoms with E-state index in [0.717, 1.165) is 30.7 Å². The lowest BCUT2D eigenvalue weighted by Crippen LogP contribution is -2.19. The fraction of sp³-hybridized carbons (Fsp3) is 0.400. The van der Waals surface area contributed by atoms with Crippen LogP contribution in [0.2, 0.25) is 0 Å². The maximum Gasteiger partial charge on any atom is 0.134 e. The lowest BCUT2D eigenvalue weighted by Gasteiger charge is -2.27. The minimum absolute atomic E-state index is 0.237. The minimum Gasteiger partial charge on any atom is -0.373 e. The molecule has 0 saturated carbocycles. The Morgan fingerprint density at radius 3 is 1.88 bits per heavy atom. The fourth-order valence-electron chi connectivity index (χ4n) is 2.93. The summed E-state index contributed by atoms with van der Waals surface area (Å²) in [7, 11) is 5.18. The van der Waals surface area contributed by atoms with Crippen LogP contribution in [0.15, 0.2) is 24.3 Å². The van der Waals surface area contributed by atoms with Crippen LogP contribution in [0.5, 0.6) is 0 Å². The van der Waals surface area contributed by atoms with Crippen LogP contribution in [-0.4, -0.2) is 14.5 Å². The summed E-state index contributed by atoms with van der Waals surface area (Å²) in [6.07, 6.45) is 1.20. The number of hydrogen-bond donors (Lipinski definition) is 0. The molecule has 138 valence electrons. The third-order valence-corrected chi connectivity index (χ3v) is 4.31. The van der Waals surface area contributed by atoms with Gasteiger partial charge in [0.15, 0.2) is 0 Å². The topological polar surface area (TPSA) is 9.23 Å². The smallest absolute Gasteiger partial charge is 0.134 e. The second kappa shape index (κ2) is 8.71. The van der Waals surface area contributed by atoms with Gasteiger partial charge in [0.25, 0.3) is 0 Å². The van der Waals surface area contributed by atoms with Crippen LogP contribution in [0.25, 0.3) is 11.1 Å². The van der Waals surface area contributed by atoms with Crippen molar-refractivity contribution in [2.45, 2.75) is 39.7 Å². The molecule has 1 saturated heterocycles. The van der Waals surface area contributed by atoms with Gasteiger partial charge in [-0.3, -0.25) is 0 Å². The highest BCUT2D eigenvalue weighted by Gasteiger charge is 2.24. The fourth-order valence-corrected chi connectivity index (χ4v) is 2.93. The Balaban J connectivity index is 0.00000117. The van der Waals surface area contributed by atoms with Gasteiger partial charge in [0, 0.05) is 6.61 Å². The van der Waals surface area contributed by atoms with Crippen molar-refractivity contribution in [1.82, 2.24) is 0 Å². The Morgan fingerprint density at radius 2 is 1.42 bits per heavy atom. The molecule has 1 heterocycles. The summed E-state index contributed by atoms with van der Waals surface area (Å²) in [6, 6.07) is 3.95. The largest absolute Gasteiger partial charge is 0.373 e. The molecule has 2 unspecified atom stereocenters. The maximum absolute atomic E-state index is 14.4. The zero-order valence-corrected chi connectivity index (χ0v) is 15.1. The molecule has 2 aromatic carbocycles. The Morgan fingerprint density at radius 1 is 0.885 bits per heavy atom. The molecule has 2 aromatic rings. The van der Waals surface area contributed by atoms with Gasteiger partial charge in [-0.15, -0.1) is 0 Å². The van der Waals surface area contributed by atoms with E-state index >= 15 is 0 Å². The van der Waals surface area contributed by atoms with Gasteiger partial charge >= 0.3 is 0 Å². The Kier molecular flexibility index (Phi) is 6.87. The van der Waals surface area contributed by atoms with E-state index in [1.807, 2.05) is 20.8 Å². The van der Waals surface area contributed by atoms with Crippen LogP contribution < -0.4 is 5.46 Å². The van der Waals surface area contributed by atoms with Gasteiger partial charge in [0.1, 0.15) is 31.1 Å². The zero-order valence-electron chi connectivity index (χ0n) is 15.1. The molecule has 0 aromatic heterocycles. The highest BCUT2D eigenvalue weighted by Crippen LogP contribution is 2.34. The van der Waals surface area contributed by atoms with E-state index in [0.29, 0.717) is 24.5 Å². The molecule has 6 heteroatoms. The van der Waals surface area contributed by atoms with E-state index in [-0.39, 0.29) is 11.7 Å².